The van der Waals surface area contributed by atoms with Crippen LogP contribution in [0.5, 0.6) is 0 Å². The quantitative estimate of drug-likeness (QED) is 0.247. The number of allylic oxidation sites excluding steroid dienone is 1. The van der Waals surface area contributed by atoms with Crippen molar-refractivity contribution >= 4 is 23.3 Å². The summed E-state index contributed by atoms with van der Waals surface area (Å²) < 4.78 is 6.79. The smallest absolute Gasteiger partial charge is 0.254 e. The molecule has 0 bridgehead atoms. The first-order valence-electron chi connectivity index (χ1n) is 11.6. The van der Waals surface area contributed by atoms with E-state index in [2.05, 4.69) is 10.4 Å². The Morgan fingerprint density at radius 1 is 1.22 bits per heavy atom. The van der Waals surface area contributed by atoms with Crippen LogP contribution in [-0.2, 0) is 15.1 Å². The highest BCUT2D eigenvalue weighted by molar-refractivity contribution is 6.03. The molecule has 0 spiro atoms. The molecule has 0 aliphatic rings. The van der Waals surface area contributed by atoms with E-state index < -0.39 is 23.3 Å². The maximum atomic E-state index is 12.7. The second-order valence-electron chi connectivity index (χ2n) is 10.8. The zero-order valence-electron chi connectivity index (χ0n) is 22.1. The number of carbonyl (C=O) groups is 2. The zero-order chi connectivity index (χ0) is 27.4. The average molecular weight is 499 g/mol. The first-order chi connectivity index (χ1) is 16.6. The van der Waals surface area contributed by atoms with Gasteiger partial charge in [-0.15, -0.1) is 0 Å². The third-order valence-electron chi connectivity index (χ3n) is 5.60. The van der Waals surface area contributed by atoms with E-state index in [0.29, 0.717) is 29.8 Å². The highest BCUT2D eigenvalue weighted by Gasteiger charge is 2.30. The summed E-state index contributed by atoms with van der Waals surface area (Å²) in [6, 6.07) is 6.94. The second kappa shape index (κ2) is 10.9. The van der Waals surface area contributed by atoms with Crippen LogP contribution in [0.4, 0.5) is 5.82 Å². The van der Waals surface area contributed by atoms with Gasteiger partial charge in [0.15, 0.2) is 5.88 Å². The van der Waals surface area contributed by atoms with Gasteiger partial charge in [-0.25, -0.2) is 4.68 Å². The Balaban J connectivity index is 2.27. The van der Waals surface area contributed by atoms with Crippen molar-refractivity contribution in [2.45, 2.75) is 59.4 Å². The Kier molecular flexibility index (Phi) is 8.69. The monoisotopic (exact) mass is 498 g/mol. The number of aromatic nitrogens is 2. The van der Waals surface area contributed by atoms with Crippen molar-refractivity contribution in [2.75, 3.05) is 19.5 Å². The average Bonchev–Trinajstić information content (AvgIpc) is 3.10. The fourth-order valence-electron chi connectivity index (χ4n) is 3.89. The molecule has 1 atom stereocenters. The fraction of sp³-hybridized carbons (Fsp3) is 0.462. The van der Waals surface area contributed by atoms with Gasteiger partial charge in [-0.05, 0) is 38.2 Å². The van der Waals surface area contributed by atoms with E-state index in [1.807, 2.05) is 34.6 Å². The van der Waals surface area contributed by atoms with Crippen LogP contribution in [0.15, 0.2) is 36.2 Å². The molecule has 36 heavy (non-hydrogen) atoms. The third-order valence-corrected chi connectivity index (χ3v) is 5.60. The number of amides is 2. The summed E-state index contributed by atoms with van der Waals surface area (Å²) in [6.45, 7) is 11.7. The van der Waals surface area contributed by atoms with Crippen LogP contribution in [0.25, 0.3) is 11.3 Å². The molecule has 2 rings (SSSR count). The summed E-state index contributed by atoms with van der Waals surface area (Å²) in [5.74, 6) is -1.93. The Morgan fingerprint density at radius 3 is 2.31 bits per heavy atom. The minimum absolute atomic E-state index is 0.110. The SMILES string of the molecule is COCC(C)(C)n1nc(-c2ccc(C(C)C(=O)N/C(O)=C/C(=N)CC(C)(C)C)cc2)c(C(N)=O)c1N. The number of carbonyl (C=O) groups excluding carboxylic acids is 2. The minimum atomic E-state index is -0.696. The molecular weight excluding hydrogens is 460 g/mol. The molecule has 0 saturated carbocycles. The number of ether oxygens (including phenoxy) is 1. The number of aliphatic hydroxyl groups is 1. The molecular formula is C26H38N6O4. The topological polar surface area (TPSA) is 169 Å². The van der Waals surface area contributed by atoms with Crippen LogP contribution < -0.4 is 16.8 Å². The zero-order valence-corrected chi connectivity index (χ0v) is 22.1. The lowest BCUT2D eigenvalue weighted by atomic mass is 9.89. The number of rotatable bonds is 10. The number of benzene rings is 1. The molecule has 1 aromatic carbocycles. The number of nitrogen functional groups attached to an aromatic ring is 1. The van der Waals surface area contributed by atoms with Crippen LogP contribution in [0.1, 0.15) is 69.8 Å². The standard InChI is InChI=1S/C26H38N6O4/c1-15(24(35)30-19(33)12-18(27)13-25(2,3)4)16-8-10-17(11-9-16)21-20(23(29)34)22(28)32(31-21)26(5,6)14-36-7/h8-12,15,27,33H,13-14,28H2,1-7H3,(H2,29,34)(H,30,35)/b19-12-,27-18?. The molecule has 0 aliphatic heterocycles. The van der Waals surface area contributed by atoms with E-state index in [0.717, 1.165) is 0 Å². The summed E-state index contributed by atoms with van der Waals surface area (Å²) >= 11 is 0. The van der Waals surface area contributed by atoms with Crippen molar-refractivity contribution in [3.63, 3.8) is 0 Å². The highest BCUT2D eigenvalue weighted by Crippen LogP contribution is 2.32. The van der Waals surface area contributed by atoms with Gasteiger partial charge in [0.2, 0.25) is 5.91 Å². The van der Waals surface area contributed by atoms with Gasteiger partial charge in [0.05, 0.1) is 18.1 Å². The normalized spacial score (nSPS) is 13.4. The maximum absolute atomic E-state index is 12.7. The van der Waals surface area contributed by atoms with Gasteiger partial charge in [0.1, 0.15) is 17.1 Å². The molecule has 1 unspecified atom stereocenters. The first kappa shape index (κ1) is 28.6. The summed E-state index contributed by atoms with van der Waals surface area (Å²) in [7, 11) is 1.57. The van der Waals surface area contributed by atoms with Crippen molar-refractivity contribution in [1.82, 2.24) is 15.1 Å². The number of primary amides is 1. The highest BCUT2D eigenvalue weighted by atomic mass is 16.5. The summed E-state index contributed by atoms with van der Waals surface area (Å²) in [4.78, 5) is 24.8. The number of anilines is 1. The van der Waals surface area contributed by atoms with Crippen LogP contribution >= 0.6 is 0 Å². The van der Waals surface area contributed by atoms with E-state index in [9.17, 15) is 14.7 Å². The Hall–Kier alpha value is -3.66. The molecule has 7 N–H and O–H groups in total. The number of nitrogens with zero attached hydrogens (tertiary/aromatic N) is 2. The summed E-state index contributed by atoms with van der Waals surface area (Å²) in [6.07, 6.45) is 1.70. The maximum Gasteiger partial charge on any atom is 0.254 e. The number of nitrogens with one attached hydrogen (secondary N) is 2. The molecule has 0 fully saturated rings. The van der Waals surface area contributed by atoms with Gasteiger partial charge >= 0.3 is 0 Å². The van der Waals surface area contributed by atoms with Crippen LogP contribution in [-0.4, -0.2) is 46.1 Å². The van der Waals surface area contributed by atoms with E-state index in [1.54, 1.807) is 38.3 Å². The first-order valence-corrected chi connectivity index (χ1v) is 11.6. The van der Waals surface area contributed by atoms with Gasteiger partial charge in [-0.2, -0.15) is 5.10 Å². The predicted octanol–water partition coefficient (Wildman–Crippen LogP) is 3.69. The summed E-state index contributed by atoms with van der Waals surface area (Å²) in [5.41, 5.74) is 13.1. The number of aliphatic hydroxyl groups excluding tert-OH is 1. The summed E-state index contributed by atoms with van der Waals surface area (Å²) in [5, 5.41) is 25.1. The Labute approximate surface area is 212 Å². The van der Waals surface area contributed by atoms with Crippen molar-refractivity contribution in [3.8, 4) is 11.3 Å². The molecule has 10 heteroatoms. The molecule has 0 aliphatic carbocycles. The van der Waals surface area contributed by atoms with E-state index in [-0.39, 0.29) is 28.4 Å². The van der Waals surface area contributed by atoms with Crippen molar-refractivity contribution in [2.24, 2.45) is 11.1 Å². The molecule has 1 heterocycles. The number of methoxy groups -OCH3 is 1. The van der Waals surface area contributed by atoms with E-state index >= 15 is 0 Å². The molecule has 2 aromatic rings. The lowest BCUT2D eigenvalue weighted by Crippen LogP contribution is -2.33. The molecule has 0 saturated heterocycles. The lowest BCUT2D eigenvalue weighted by molar-refractivity contribution is -0.122. The predicted molar refractivity (Wildman–Crippen MR) is 141 cm³/mol. The van der Waals surface area contributed by atoms with Crippen LogP contribution in [0.2, 0.25) is 0 Å². The van der Waals surface area contributed by atoms with Gasteiger partial charge in [0.25, 0.3) is 5.91 Å². The fourth-order valence-corrected chi connectivity index (χ4v) is 3.89. The van der Waals surface area contributed by atoms with Gasteiger partial charge in [-0.3, -0.25) is 14.9 Å². The van der Waals surface area contributed by atoms with Crippen molar-refractivity contribution in [1.29, 1.82) is 5.41 Å². The largest absolute Gasteiger partial charge is 0.494 e. The molecule has 1 aromatic heterocycles. The van der Waals surface area contributed by atoms with Crippen molar-refractivity contribution in [3.05, 3.63) is 47.4 Å². The number of nitrogens with two attached hydrogens (primary N) is 2. The molecule has 0 radical (unpaired) electrons. The number of hydrogen-bond donors (Lipinski definition) is 5. The Bertz CT molecular complexity index is 1160. The second-order valence-corrected chi connectivity index (χ2v) is 10.8. The number of hydrogen-bond acceptors (Lipinski definition) is 7. The minimum Gasteiger partial charge on any atom is -0.494 e. The lowest BCUT2D eigenvalue weighted by Gasteiger charge is -2.25. The van der Waals surface area contributed by atoms with Gasteiger partial charge in [-0.1, -0.05) is 45.0 Å². The van der Waals surface area contributed by atoms with Crippen LogP contribution in [0, 0.1) is 10.8 Å². The molecule has 2 amide bonds. The molecule has 196 valence electrons. The van der Waals surface area contributed by atoms with E-state index in [4.69, 9.17) is 21.6 Å². The van der Waals surface area contributed by atoms with Crippen LogP contribution in [0.3, 0.4) is 0 Å². The Morgan fingerprint density at radius 2 is 1.81 bits per heavy atom. The van der Waals surface area contributed by atoms with Crippen molar-refractivity contribution < 1.29 is 19.4 Å². The van der Waals surface area contributed by atoms with Gasteiger partial charge in [0, 0.05) is 24.5 Å². The molecule has 10 nitrogen and oxygen atoms in total. The van der Waals surface area contributed by atoms with E-state index in [1.165, 1.54) is 10.8 Å². The third kappa shape index (κ3) is 6.94. The van der Waals surface area contributed by atoms with Gasteiger partial charge < -0.3 is 26.7 Å².